The Balaban J connectivity index is 1.80. The molecule has 1 saturated heterocycles. The zero-order valence-electron chi connectivity index (χ0n) is 14.9. The Bertz CT molecular complexity index is 570. The van der Waals surface area contributed by atoms with Gasteiger partial charge in [0.05, 0.1) is 12.7 Å². The van der Waals surface area contributed by atoms with Gasteiger partial charge in [-0.25, -0.2) is 4.79 Å². The highest BCUT2D eigenvalue weighted by atomic mass is 16.5. The van der Waals surface area contributed by atoms with Crippen molar-refractivity contribution in [3.05, 3.63) is 29.8 Å². The Morgan fingerprint density at radius 2 is 1.62 bits per heavy atom. The number of benzene rings is 1. The van der Waals surface area contributed by atoms with E-state index in [0.717, 1.165) is 26.2 Å². The molecule has 0 spiro atoms. The Morgan fingerprint density at radius 1 is 1.04 bits per heavy atom. The lowest BCUT2D eigenvalue weighted by Crippen LogP contribution is -2.55. The highest BCUT2D eigenvalue weighted by molar-refractivity contribution is 5.89. The molecule has 1 aromatic carbocycles. The van der Waals surface area contributed by atoms with Crippen LogP contribution in [-0.2, 0) is 9.53 Å². The van der Waals surface area contributed by atoms with Crippen LogP contribution in [0.5, 0.6) is 5.75 Å². The van der Waals surface area contributed by atoms with E-state index in [1.54, 1.807) is 24.3 Å². The Kier molecular flexibility index (Phi) is 5.83. The first kappa shape index (κ1) is 18.3. The van der Waals surface area contributed by atoms with Crippen molar-refractivity contribution in [1.29, 1.82) is 0 Å². The standard InChI is InChI=1S/C18H26N2O4/c1-18(2,3)20-11-9-19(10-12-20)16(21)13-24-15-7-5-14(6-8-15)17(22)23-4/h5-8H,9-13H2,1-4H3. The zero-order chi connectivity index (χ0) is 17.7. The summed E-state index contributed by atoms with van der Waals surface area (Å²) < 4.78 is 10.2. The van der Waals surface area contributed by atoms with Crippen molar-refractivity contribution in [2.75, 3.05) is 39.9 Å². The Labute approximate surface area is 143 Å². The molecule has 132 valence electrons. The quantitative estimate of drug-likeness (QED) is 0.786. The van der Waals surface area contributed by atoms with Gasteiger partial charge in [0.1, 0.15) is 5.75 Å². The van der Waals surface area contributed by atoms with E-state index in [9.17, 15) is 9.59 Å². The number of carbonyl (C=O) groups excluding carboxylic acids is 2. The fourth-order valence-electron chi connectivity index (χ4n) is 2.67. The first-order valence-corrected chi connectivity index (χ1v) is 8.15. The number of ether oxygens (including phenoxy) is 2. The van der Waals surface area contributed by atoms with Crippen molar-refractivity contribution >= 4 is 11.9 Å². The molecule has 0 saturated carbocycles. The summed E-state index contributed by atoms with van der Waals surface area (Å²) in [4.78, 5) is 27.8. The smallest absolute Gasteiger partial charge is 0.337 e. The minimum absolute atomic E-state index is 0.00703. The normalized spacial score (nSPS) is 15.9. The van der Waals surface area contributed by atoms with Crippen LogP contribution in [0.15, 0.2) is 24.3 Å². The molecule has 1 fully saturated rings. The van der Waals surface area contributed by atoms with Crippen LogP contribution in [0.4, 0.5) is 0 Å². The molecule has 24 heavy (non-hydrogen) atoms. The lowest BCUT2D eigenvalue weighted by atomic mass is 10.1. The Morgan fingerprint density at radius 3 is 2.12 bits per heavy atom. The van der Waals surface area contributed by atoms with Crippen LogP contribution in [0, 0.1) is 0 Å². The second kappa shape index (κ2) is 7.66. The molecular formula is C18H26N2O4. The number of methoxy groups -OCH3 is 1. The summed E-state index contributed by atoms with van der Waals surface area (Å²) in [6, 6.07) is 6.57. The van der Waals surface area contributed by atoms with Gasteiger partial charge < -0.3 is 14.4 Å². The van der Waals surface area contributed by atoms with Crippen LogP contribution >= 0.6 is 0 Å². The predicted octanol–water partition coefficient (Wildman–Crippen LogP) is 1.79. The Hall–Kier alpha value is -2.08. The summed E-state index contributed by atoms with van der Waals surface area (Å²) in [5, 5.41) is 0. The van der Waals surface area contributed by atoms with Gasteiger partial charge >= 0.3 is 5.97 Å². The van der Waals surface area contributed by atoms with Crippen LogP contribution < -0.4 is 4.74 Å². The molecule has 6 nitrogen and oxygen atoms in total. The van der Waals surface area contributed by atoms with Crippen LogP contribution in [-0.4, -0.2) is 67.1 Å². The molecule has 2 rings (SSSR count). The van der Waals surface area contributed by atoms with Gasteiger partial charge in [-0.15, -0.1) is 0 Å². The summed E-state index contributed by atoms with van der Waals surface area (Å²) >= 11 is 0. The van der Waals surface area contributed by atoms with Gasteiger partial charge in [0.15, 0.2) is 6.61 Å². The fraction of sp³-hybridized carbons (Fsp3) is 0.556. The highest BCUT2D eigenvalue weighted by Gasteiger charge is 2.27. The monoisotopic (exact) mass is 334 g/mol. The number of esters is 1. The van der Waals surface area contributed by atoms with Gasteiger partial charge in [0, 0.05) is 31.7 Å². The van der Waals surface area contributed by atoms with Gasteiger partial charge in [-0.2, -0.15) is 0 Å². The largest absolute Gasteiger partial charge is 0.484 e. The van der Waals surface area contributed by atoms with E-state index >= 15 is 0 Å². The number of nitrogens with zero attached hydrogens (tertiary/aromatic N) is 2. The van der Waals surface area contributed by atoms with E-state index in [1.165, 1.54) is 7.11 Å². The molecule has 1 aliphatic heterocycles. The van der Waals surface area contributed by atoms with Crippen LogP contribution in [0.2, 0.25) is 0 Å². The molecule has 0 aliphatic carbocycles. The number of rotatable bonds is 4. The number of carbonyl (C=O) groups is 2. The molecule has 1 heterocycles. The van der Waals surface area contributed by atoms with Crippen LogP contribution in [0.25, 0.3) is 0 Å². The van der Waals surface area contributed by atoms with Gasteiger partial charge in [-0.05, 0) is 45.0 Å². The van der Waals surface area contributed by atoms with Gasteiger partial charge in [0.25, 0.3) is 5.91 Å². The molecule has 0 N–H and O–H groups in total. The van der Waals surface area contributed by atoms with E-state index < -0.39 is 5.97 Å². The first-order chi connectivity index (χ1) is 11.3. The van der Waals surface area contributed by atoms with E-state index in [4.69, 9.17) is 4.74 Å². The maximum atomic E-state index is 12.3. The number of amides is 1. The molecule has 0 aromatic heterocycles. The zero-order valence-corrected chi connectivity index (χ0v) is 14.9. The van der Waals surface area contributed by atoms with Crippen LogP contribution in [0.3, 0.4) is 0 Å². The minimum atomic E-state index is -0.394. The molecular weight excluding hydrogens is 308 g/mol. The summed E-state index contributed by atoms with van der Waals surface area (Å²) in [7, 11) is 1.34. The summed E-state index contributed by atoms with van der Waals surface area (Å²) in [5.41, 5.74) is 0.585. The van der Waals surface area contributed by atoms with E-state index in [1.807, 2.05) is 4.90 Å². The lowest BCUT2D eigenvalue weighted by molar-refractivity contribution is -0.135. The average Bonchev–Trinajstić information content (AvgIpc) is 2.58. The summed E-state index contributed by atoms with van der Waals surface area (Å²) in [6.45, 7) is 9.77. The van der Waals surface area contributed by atoms with Crippen molar-refractivity contribution in [3.8, 4) is 5.75 Å². The first-order valence-electron chi connectivity index (χ1n) is 8.15. The van der Waals surface area contributed by atoms with Crippen LogP contribution in [0.1, 0.15) is 31.1 Å². The highest BCUT2D eigenvalue weighted by Crippen LogP contribution is 2.16. The second-order valence-corrected chi connectivity index (χ2v) is 6.84. The van der Waals surface area contributed by atoms with Gasteiger partial charge in [0.2, 0.25) is 0 Å². The van der Waals surface area contributed by atoms with E-state index in [2.05, 4.69) is 30.4 Å². The maximum Gasteiger partial charge on any atom is 0.337 e. The van der Waals surface area contributed by atoms with Gasteiger partial charge in [-0.1, -0.05) is 0 Å². The van der Waals surface area contributed by atoms with Crippen molar-refractivity contribution in [1.82, 2.24) is 9.80 Å². The minimum Gasteiger partial charge on any atom is -0.484 e. The molecule has 6 heteroatoms. The third-order valence-electron chi connectivity index (χ3n) is 4.22. The summed E-state index contributed by atoms with van der Waals surface area (Å²) in [5.74, 6) is 0.152. The molecule has 1 aromatic rings. The SMILES string of the molecule is COC(=O)c1ccc(OCC(=O)N2CCN(C(C)(C)C)CC2)cc1. The molecule has 0 unspecified atom stereocenters. The number of piperazine rings is 1. The molecule has 1 amide bonds. The third kappa shape index (κ3) is 4.71. The van der Waals surface area contributed by atoms with Crippen molar-refractivity contribution < 1.29 is 19.1 Å². The molecule has 0 radical (unpaired) electrons. The topological polar surface area (TPSA) is 59.1 Å². The average molecular weight is 334 g/mol. The predicted molar refractivity (Wildman–Crippen MR) is 91.2 cm³/mol. The van der Waals surface area contributed by atoms with Gasteiger partial charge in [-0.3, -0.25) is 9.69 Å². The van der Waals surface area contributed by atoms with E-state index in [0.29, 0.717) is 11.3 Å². The molecule has 1 aliphatic rings. The number of hydrogen-bond donors (Lipinski definition) is 0. The number of hydrogen-bond acceptors (Lipinski definition) is 5. The second-order valence-electron chi connectivity index (χ2n) is 6.84. The lowest BCUT2D eigenvalue weighted by Gasteiger charge is -2.42. The molecule has 0 atom stereocenters. The van der Waals surface area contributed by atoms with E-state index in [-0.39, 0.29) is 18.1 Å². The van der Waals surface area contributed by atoms with Crippen molar-refractivity contribution in [3.63, 3.8) is 0 Å². The maximum absolute atomic E-state index is 12.3. The van der Waals surface area contributed by atoms with Crippen molar-refractivity contribution in [2.45, 2.75) is 26.3 Å². The third-order valence-corrected chi connectivity index (χ3v) is 4.22. The summed E-state index contributed by atoms with van der Waals surface area (Å²) in [6.07, 6.45) is 0. The fourth-order valence-corrected chi connectivity index (χ4v) is 2.67. The van der Waals surface area contributed by atoms with Crippen molar-refractivity contribution in [2.24, 2.45) is 0 Å². The molecule has 0 bridgehead atoms.